The molecule has 9 heteroatoms. The standard InChI is InChI=1S/C16H13BrN4O3S/c17-11-5-14(18-6-11)16(23)21-20-15(22)10-1-3-13(4-2-10)24-7-12-8-25-9-19-12/h1-6,8-9,18H,7H2,(H,20,22)(H,21,23). The molecular formula is C16H13BrN4O3S. The van der Waals surface area contributed by atoms with Crippen LogP contribution in [-0.4, -0.2) is 21.8 Å². The highest BCUT2D eigenvalue weighted by Gasteiger charge is 2.10. The number of hydrogen-bond acceptors (Lipinski definition) is 5. The van der Waals surface area contributed by atoms with Crippen molar-refractivity contribution in [3.05, 3.63) is 68.8 Å². The molecule has 128 valence electrons. The van der Waals surface area contributed by atoms with Crippen molar-refractivity contribution in [2.45, 2.75) is 6.61 Å². The number of amides is 2. The summed E-state index contributed by atoms with van der Waals surface area (Å²) < 4.78 is 6.33. The number of hydrazine groups is 1. The Morgan fingerprint density at radius 2 is 1.96 bits per heavy atom. The van der Waals surface area contributed by atoms with Gasteiger partial charge in [-0.15, -0.1) is 11.3 Å². The summed E-state index contributed by atoms with van der Waals surface area (Å²) in [7, 11) is 0. The van der Waals surface area contributed by atoms with E-state index in [9.17, 15) is 9.59 Å². The molecule has 0 aliphatic heterocycles. The summed E-state index contributed by atoms with van der Waals surface area (Å²) in [6, 6.07) is 8.21. The fraction of sp³-hybridized carbons (Fsp3) is 0.0625. The fourth-order valence-electron chi connectivity index (χ4n) is 1.92. The van der Waals surface area contributed by atoms with Crippen LogP contribution in [0.1, 0.15) is 26.5 Å². The minimum Gasteiger partial charge on any atom is -0.487 e. The Kier molecular flexibility index (Phi) is 5.46. The number of ether oxygens (including phenoxy) is 1. The number of halogens is 1. The minimum atomic E-state index is -0.442. The molecule has 2 heterocycles. The van der Waals surface area contributed by atoms with Gasteiger partial charge in [0.2, 0.25) is 0 Å². The summed E-state index contributed by atoms with van der Waals surface area (Å²) in [5, 5.41) is 1.91. The Balaban J connectivity index is 1.51. The molecule has 3 rings (SSSR count). The summed E-state index contributed by atoms with van der Waals surface area (Å²) in [6.07, 6.45) is 1.63. The third-order valence-electron chi connectivity index (χ3n) is 3.17. The lowest BCUT2D eigenvalue weighted by molar-refractivity contribution is 0.0844. The van der Waals surface area contributed by atoms with Gasteiger partial charge in [0.1, 0.15) is 18.1 Å². The number of nitrogens with zero attached hydrogens (tertiary/aromatic N) is 1. The van der Waals surface area contributed by atoms with Crippen LogP contribution < -0.4 is 15.6 Å². The van der Waals surface area contributed by atoms with Crippen molar-refractivity contribution < 1.29 is 14.3 Å². The summed E-state index contributed by atoms with van der Waals surface area (Å²) in [6.45, 7) is 0.372. The van der Waals surface area contributed by atoms with Crippen LogP contribution >= 0.6 is 27.3 Å². The lowest BCUT2D eigenvalue weighted by Gasteiger charge is -2.08. The maximum atomic E-state index is 12.0. The Bertz CT molecular complexity index is 862. The van der Waals surface area contributed by atoms with E-state index in [2.05, 4.69) is 36.7 Å². The second-order valence-electron chi connectivity index (χ2n) is 4.93. The molecule has 0 saturated carbocycles. The van der Waals surface area contributed by atoms with Crippen LogP contribution in [0.4, 0.5) is 0 Å². The molecule has 0 atom stereocenters. The number of carbonyl (C=O) groups is 2. The van der Waals surface area contributed by atoms with Gasteiger partial charge >= 0.3 is 0 Å². The van der Waals surface area contributed by atoms with Gasteiger partial charge in [0.05, 0.1) is 11.2 Å². The molecule has 0 aliphatic carbocycles. The second kappa shape index (κ2) is 7.95. The molecule has 2 aromatic heterocycles. The van der Waals surface area contributed by atoms with Crippen LogP contribution in [0.15, 0.2) is 51.9 Å². The van der Waals surface area contributed by atoms with E-state index in [1.165, 1.54) is 11.3 Å². The van der Waals surface area contributed by atoms with Crippen molar-refractivity contribution in [2.24, 2.45) is 0 Å². The predicted octanol–water partition coefficient (Wildman–Crippen LogP) is 2.89. The smallest absolute Gasteiger partial charge is 0.286 e. The average Bonchev–Trinajstić information content (AvgIpc) is 3.29. The zero-order chi connectivity index (χ0) is 17.6. The molecule has 1 aromatic carbocycles. The molecule has 0 saturated heterocycles. The number of H-pyrrole nitrogens is 1. The second-order valence-corrected chi connectivity index (χ2v) is 6.57. The molecule has 0 aliphatic rings. The van der Waals surface area contributed by atoms with Gasteiger partial charge in [-0.25, -0.2) is 4.98 Å². The maximum Gasteiger partial charge on any atom is 0.286 e. The van der Waals surface area contributed by atoms with Crippen molar-refractivity contribution in [2.75, 3.05) is 0 Å². The zero-order valence-electron chi connectivity index (χ0n) is 12.8. The number of rotatable bonds is 5. The Morgan fingerprint density at radius 1 is 1.20 bits per heavy atom. The topological polar surface area (TPSA) is 96.1 Å². The molecule has 0 radical (unpaired) electrons. The van der Waals surface area contributed by atoms with E-state index in [1.807, 2.05) is 5.38 Å². The van der Waals surface area contributed by atoms with Crippen molar-refractivity contribution in [3.8, 4) is 5.75 Å². The van der Waals surface area contributed by atoms with Crippen LogP contribution in [-0.2, 0) is 6.61 Å². The van der Waals surface area contributed by atoms with Crippen LogP contribution in [0, 0.1) is 0 Å². The van der Waals surface area contributed by atoms with E-state index >= 15 is 0 Å². The number of aromatic amines is 1. The van der Waals surface area contributed by atoms with Crippen molar-refractivity contribution in [1.82, 2.24) is 20.8 Å². The molecule has 3 N–H and O–H groups in total. The third-order valence-corrected chi connectivity index (χ3v) is 4.26. The first-order valence-corrected chi connectivity index (χ1v) is 8.90. The van der Waals surface area contributed by atoms with Crippen LogP contribution in [0.2, 0.25) is 0 Å². The highest BCUT2D eigenvalue weighted by molar-refractivity contribution is 9.10. The number of hydrogen-bond donors (Lipinski definition) is 3. The third kappa shape index (κ3) is 4.68. The maximum absolute atomic E-state index is 12.0. The van der Waals surface area contributed by atoms with Gasteiger partial charge in [0.25, 0.3) is 11.8 Å². The molecular weight excluding hydrogens is 408 g/mol. The normalized spacial score (nSPS) is 10.3. The predicted molar refractivity (Wildman–Crippen MR) is 96.3 cm³/mol. The number of aromatic nitrogens is 2. The Labute approximate surface area is 155 Å². The highest BCUT2D eigenvalue weighted by atomic mass is 79.9. The molecule has 25 heavy (non-hydrogen) atoms. The number of nitrogens with one attached hydrogen (secondary N) is 3. The average molecular weight is 421 g/mol. The van der Waals surface area contributed by atoms with E-state index in [-0.39, 0.29) is 0 Å². The van der Waals surface area contributed by atoms with E-state index in [0.29, 0.717) is 23.6 Å². The summed E-state index contributed by atoms with van der Waals surface area (Å²) >= 11 is 4.74. The van der Waals surface area contributed by atoms with Crippen LogP contribution in [0.25, 0.3) is 0 Å². The van der Waals surface area contributed by atoms with Gasteiger partial charge < -0.3 is 9.72 Å². The summed E-state index contributed by atoms with van der Waals surface area (Å²) in [5.74, 6) is -0.239. The van der Waals surface area contributed by atoms with E-state index in [4.69, 9.17) is 4.74 Å². The quantitative estimate of drug-likeness (QED) is 0.552. The lowest BCUT2D eigenvalue weighted by Crippen LogP contribution is -2.41. The zero-order valence-corrected chi connectivity index (χ0v) is 15.2. The molecule has 7 nitrogen and oxygen atoms in total. The van der Waals surface area contributed by atoms with Gasteiger partial charge in [0, 0.05) is 21.6 Å². The van der Waals surface area contributed by atoms with Gasteiger partial charge in [-0.2, -0.15) is 0 Å². The van der Waals surface area contributed by atoms with Crippen LogP contribution in [0.3, 0.4) is 0 Å². The monoisotopic (exact) mass is 420 g/mol. The van der Waals surface area contributed by atoms with Crippen molar-refractivity contribution >= 4 is 39.1 Å². The number of carbonyl (C=O) groups excluding carboxylic acids is 2. The van der Waals surface area contributed by atoms with Crippen molar-refractivity contribution in [3.63, 3.8) is 0 Å². The lowest BCUT2D eigenvalue weighted by atomic mass is 10.2. The Morgan fingerprint density at radius 3 is 2.60 bits per heavy atom. The number of benzene rings is 1. The van der Waals surface area contributed by atoms with E-state index in [1.54, 1.807) is 42.0 Å². The van der Waals surface area contributed by atoms with E-state index in [0.717, 1.165) is 10.2 Å². The first-order valence-electron chi connectivity index (χ1n) is 7.16. The minimum absolute atomic E-state index is 0.331. The van der Waals surface area contributed by atoms with Gasteiger partial charge in [-0.1, -0.05) is 0 Å². The van der Waals surface area contributed by atoms with E-state index < -0.39 is 11.8 Å². The molecule has 0 bridgehead atoms. The summed E-state index contributed by atoms with van der Waals surface area (Å²) in [4.78, 5) is 30.8. The molecule has 3 aromatic rings. The first-order chi connectivity index (χ1) is 12.1. The highest BCUT2D eigenvalue weighted by Crippen LogP contribution is 2.14. The van der Waals surface area contributed by atoms with Gasteiger partial charge in [0.15, 0.2) is 0 Å². The molecule has 0 spiro atoms. The SMILES string of the molecule is O=C(NNC(=O)c1cc(Br)c[nH]1)c1ccc(OCc2cscn2)cc1. The fourth-order valence-corrected chi connectivity index (χ4v) is 2.81. The van der Waals surface area contributed by atoms with Crippen LogP contribution in [0.5, 0.6) is 5.75 Å². The largest absolute Gasteiger partial charge is 0.487 e. The molecule has 2 amide bonds. The summed E-state index contributed by atoms with van der Waals surface area (Å²) in [5.41, 5.74) is 8.02. The van der Waals surface area contributed by atoms with Gasteiger partial charge in [-0.05, 0) is 46.3 Å². The van der Waals surface area contributed by atoms with Crippen molar-refractivity contribution in [1.29, 1.82) is 0 Å². The Hall–Kier alpha value is -2.65. The number of thiazole rings is 1. The van der Waals surface area contributed by atoms with Gasteiger partial charge in [-0.3, -0.25) is 20.4 Å². The molecule has 0 unspecified atom stereocenters. The first kappa shape index (κ1) is 17.2. The molecule has 0 fully saturated rings.